The Morgan fingerprint density at radius 1 is 1.25 bits per heavy atom. The second-order valence-corrected chi connectivity index (χ2v) is 5.17. The van der Waals surface area contributed by atoms with E-state index in [-0.39, 0.29) is 0 Å². The number of thioether (sulfide) groups is 1. The zero-order chi connectivity index (χ0) is 11.5. The predicted octanol–water partition coefficient (Wildman–Crippen LogP) is 3.21. The van der Waals surface area contributed by atoms with E-state index in [4.69, 9.17) is 5.73 Å². The number of nitrogens with zero attached hydrogens (tertiary/aromatic N) is 1. The molecular weight excluding hydrogens is 216 g/mol. The van der Waals surface area contributed by atoms with Crippen molar-refractivity contribution in [1.82, 2.24) is 0 Å². The molecule has 2 nitrogen and oxygen atoms in total. The Morgan fingerprint density at radius 3 is 2.50 bits per heavy atom. The summed E-state index contributed by atoms with van der Waals surface area (Å²) in [6.45, 7) is 4.39. The molecule has 0 saturated heterocycles. The van der Waals surface area contributed by atoms with Crippen LogP contribution in [0.15, 0.2) is 35.3 Å². The van der Waals surface area contributed by atoms with E-state index >= 15 is 0 Å². The zero-order valence-electron chi connectivity index (χ0n) is 9.60. The highest BCUT2D eigenvalue weighted by Crippen LogP contribution is 2.24. The van der Waals surface area contributed by atoms with Crippen LogP contribution in [0.2, 0.25) is 0 Å². The number of nitrogens with two attached hydrogens (primary N) is 1. The molecule has 16 heavy (non-hydrogen) atoms. The third-order valence-corrected chi connectivity index (χ3v) is 3.33. The van der Waals surface area contributed by atoms with E-state index in [2.05, 4.69) is 49.2 Å². The first-order chi connectivity index (χ1) is 7.66. The number of rotatable bonds is 2. The number of benzene rings is 1. The summed E-state index contributed by atoms with van der Waals surface area (Å²) in [6.07, 6.45) is 2.12. The van der Waals surface area contributed by atoms with E-state index < -0.39 is 0 Å². The lowest BCUT2D eigenvalue weighted by molar-refractivity contribution is 0.866. The van der Waals surface area contributed by atoms with Crippen LogP contribution in [0.5, 0.6) is 0 Å². The number of aliphatic imine (C=N–C) groups is 1. The van der Waals surface area contributed by atoms with Crippen molar-refractivity contribution in [3.05, 3.63) is 41.5 Å². The average molecular weight is 232 g/mol. The summed E-state index contributed by atoms with van der Waals surface area (Å²) < 4.78 is 0. The van der Waals surface area contributed by atoms with Crippen molar-refractivity contribution in [1.29, 1.82) is 0 Å². The summed E-state index contributed by atoms with van der Waals surface area (Å²) in [5.74, 6) is 1.48. The van der Waals surface area contributed by atoms with Gasteiger partial charge in [0.15, 0.2) is 5.17 Å². The van der Waals surface area contributed by atoms with Crippen LogP contribution < -0.4 is 5.73 Å². The third kappa shape index (κ3) is 2.47. The van der Waals surface area contributed by atoms with Gasteiger partial charge in [-0.15, -0.1) is 0 Å². The average Bonchev–Trinajstić information content (AvgIpc) is 2.29. The number of hydrogen-bond acceptors (Lipinski definition) is 3. The standard InChI is InChI=1S/C13H16N2S/c1-9(2)10-3-5-11(6-4-10)12-7-8-16-13(14)15-12/h3-7,9H,8H2,1-2H3,(H2,14,15). The fourth-order valence-corrected chi connectivity index (χ4v) is 2.20. The van der Waals surface area contributed by atoms with Gasteiger partial charge in [-0.05, 0) is 23.1 Å². The minimum Gasteiger partial charge on any atom is -0.378 e. The smallest absolute Gasteiger partial charge is 0.159 e. The van der Waals surface area contributed by atoms with Gasteiger partial charge in [-0.2, -0.15) is 0 Å². The number of amidine groups is 1. The van der Waals surface area contributed by atoms with E-state index in [1.165, 1.54) is 5.56 Å². The maximum Gasteiger partial charge on any atom is 0.159 e. The molecule has 0 saturated carbocycles. The van der Waals surface area contributed by atoms with Crippen molar-refractivity contribution in [2.24, 2.45) is 10.7 Å². The SMILES string of the molecule is CC(C)c1ccc(C2=CCSC(N)=N2)cc1. The van der Waals surface area contributed by atoms with Crippen molar-refractivity contribution >= 4 is 22.6 Å². The molecule has 0 atom stereocenters. The second kappa shape index (κ2) is 4.74. The van der Waals surface area contributed by atoms with Gasteiger partial charge in [-0.3, -0.25) is 0 Å². The first-order valence-electron chi connectivity index (χ1n) is 5.44. The second-order valence-electron chi connectivity index (χ2n) is 4.13. The number of hydrogen-bond donors (Lipinski definition) is 1. The van der Waals surface area contributed by atoms with Crippen LogP contribution in [0.4, 0.5) is 0 Å². The monoisotopic (exact) mass is 232 g/mol. The van der Waals surface area contributed by atoms with E-state index in [1.807, 2.05) is 0 Å². The van der Waals surface area contributed by atoms with Gasteiger partial charge >= 0.3 is 0 Å². The summed E-state index contributed by atoms with van der Waals surface area (Å²) in [4.78, 5) is 4.35. The van der Waals surface area contributed by atoms with Crippen molar-refractivity contribution in [3.63, 3.8) is 0 Å². The molecular formula is C13H16N2S. The molecule has 0 unspecified atom stereocenters. The molecule has 0 fully saturated rings. The van der Waals surface area contributed by atoms with Gasteiger partial charge in [0.25, 0.3) is 0 Å². The van der Waals surface area contributed by atoms with Crippen molar-refractivity contribution in [2.45, 2.75) is 19.8 Å². The summed E-state index contributed by atoms with van der Waals surface area (Å²) in [7, 11) is 0. The lowest BCUT2D eigenvalue weighted by atomic mass is 10.0. The van der Waals surface area contributed by atoms with Crippen LogP contribution in [0.3, 0.4) is 0 Å². The van der Waals surface area contributed by atoms with Crippen LogP contribution in [-0.4, -0.2) is 10.9 Å². The molecule has 84 valence electrons. The van der Waals surface area contributed by atoms with Gasteiger partial charge in [-0.25, -0.2) is 4.99 Å². The van der Waals surface area contributed by atoms with Crippen LogP contribution in [0.25, 0.3) is 5.70 Å². The van der Waals surface area contributed by atoms with E-state index in [1.54, 1.807) is 11.8 Å². The van der Waals surface area contributed by atoms with Gasteiger partial charge < -0.3 is 5.73 Å². The van der Waals surface area contributed by atoms with Gasteiger partial charge in [0.05, 0.1) is 5.70 Å². The Kier molecular flexibility index (Phi) is 3.34. The third-order valence-electron chi connectivity index (χ3n) is 2.61. The quantitative estimate of drug-likeness (QED) is 0.850. The topological polar surface area (TPSA) is 38.4 Å². The molecule has 3 heteroatoms. The van der Waals surface area contributed by atoms with Crippen LogP contribution >= 0.6 is 11.8 Å². The molecule has 1 aromatic rings. The fourth-order valence-electron chi connectivity index (χ4n) is 1.62. The van der Waals surface area contributed by atoms with E-state index in [0.717, 1.165) is 17.0 Å². The van der Waals surface area contributed by atoms with Gasteiger partial charge in [-0.1, -0.05) is 49.9 Å². The first-order valence-corrected chi connectivity index (χ1v) is 6.43. The zero-order valence-corrected chi connectivity index (χ0v) is 10.4. The lowest BCUT2D eigenvalue weighted by Gasteiger charge is -2.11. The van der Waals surface area contributed by atoms with Crippen molar-refractivity contribution in [3.8, 4) is 0 Å². The molecule has 2 rings (SSSR count). The molecule has 1 aliphatic rings. The molecule has 1 heterocycles. The highest BCUT2D eigenvalue weighted by atomic mass is 32.2. The molecule has 0 radical (unpaired) electrons. The molecule has 0 bridgehead atoms. The lowest BCUT2D eigenvalue weighted by Crippen LogP contribution is -2.10. The Hall–Kier alpha value is -1.22. The van der Waals surface area contributed by atoms with E-state index in [0.29, 0.717) is 11.1 Å². The highest BCUT2D eigenvalue weighted by molar-refractivity contribution is 8.14. The molecule has 0 spiro atoms. The highest BCUT2D eigenvalue weighted by Gasteiger charge is 2.07. The molecule has 2 N–H and O–H groups in total. The summed E-state index contributed by atoms with van der Waals surface area (Å²) >= 11 is 1.58. The molecule has 1 aromatic carbocycles. The molecule has 0 amide bonds. The molecule has 1 aliphatic heterocycles. The maximum atomic E-state index is 5.71. The Balaban J connectivity index is 2.25. The first kappa shape index (κ1) is 11.3. The summed E-state index contributed by atoms with van der Waals surface area (Å²) in [5, 5.41) is 0.658. The van der Waals surface area contributed by atoms with Crippen molar-refractivity contribution < 1.29 is 0 Å². The van der Waals surface area contributed by atoms with Gasteiger partial charge in [0.1, 0.15) is 0 Å². The van der Waals surface area contributed by atoms with Crippen LogP contribution in [-0.2, 0) is 0 Å². The predicted molar refractivity (Wildman–Crippen MR) is 72.6 cm³/mol. The van der Waals surface area contributed by atoms with Crippen molar-refractivity contribution in [2.75, 3.05) is 5.75 Å². The van der Waals surface area contributed by atoms with Gasteiger partial charge in [0, 0.05) is 5.75 Å². The van der Waals surface area contributed by atoms with Crippen LogP contribution in [0.1, 0.15) is 30.9 Å². The normalized spacial score (nSPS) is 15.9. The fraction of sp³-hybridized carbons (Fsp3) is 0.308. The minimum absolute atomic E-state index is 0.568. The largest absolute Gasteiger partial charge is 0.378 e. The maximum absolute atomic E-state index is 5.71. The molecule has 0 aromatic heterocycles. The Labute approximate surface area is 101 Å². The summed E-state index contributed by atoms with van der Waals surface area (Å²) in [6, 6.07) is 8.56. The molecule has 0 aliphatic carbocycles. The van der Waals surface area contributed by atoms with E-state index in [9.17, 15) is 0 Å². The Bertz CT molecular complexity index is 430. The van der Waals surface area contributed by atoms with Gasteiger partial charge in [0.2, 0.25) is 0 Å². The summed E-state index contributed by atoms with van der Waals surface area (Å²) in [5.41, 5.74) is 9.20. The van der Waals surface area contributed by atoms with Crippen LogP contribution in [0, 0.1) is 0 Å². The Morgan fingerprint density at radius 2 is 1.94 bits per heavy atom. The minimum atomic E-state index is 0.568.